The van der Waals surface area contributed by atoms with Crippen LogP contribution >= 0.6 is 11.3 Å². The highest BCUT2D eigenvalue weighted by atomic mass is 32.1. The number of benzene rings is 2. The van der Waals surface area contributed by atoms with Gasteiger partial charge in [0, 0.05) is 52.5 Å². The molecule has 0 aliphatic rings. The second-order valence-electron chi connectivity index (χ2n) is 13.7. The fourth-order valence-electron chi connectivity index (χ4n) is 5.35. The maximum absolute atomic E-state index is 13.2. The van der Waals surface area contributed by atoms with Gasteiger partial charge in [-0.05, 0) is 75.4 Å². The molecule has 2 aromatic carbocycles. The number of carbonyl (C=O) groups excluding carboxylic acids is 3. The van der Waals surface area contributed by atoms with Crippen LogP contribution in [0.1, 0.15) is 85.9 Å². The molecule has 0 aliphatic carbocycles. The van der Waals surface area contributed by atoms with Crippen molar-refractivity contribution in [1.82, 2.24) is 25.5 Å². The van der Waals surface area contributed by atoms with Crippen molar-refractivity contribution < 1.29 is 24.3 Å². The lowest BCUT2D eigenvalue weighted by molar-refractivity contribution is -0.141. The molecule has 4 aromatic rings. The summed E-state index contributed by atoms with van der Waals surface area (Å²) in [4.78, 5) is 63.2. The van der Waals surface area contributed by atoms with E-state index in [0.717, 1.165) is 27.1 Å². The normalized spacial score (nSPS) is 12.8. The number of hydrogen-bond acceptors (Lipinski definition) is 7. The molecule has 0 saturated carbocycles. The molecule has 11 heteroatoms. The van der Waals surface area contributed by atoms with Crippen LogP contribution in [0.3, 0.4) is 0 Å². The second kappa shape index (κ2) is 15.5. The zero-order valence-electron chi connectivity index (χ0n) is 29.3. The lowest BCUT2D eigenvalue weighted by atomic mass is 9.95. The van der Waals surface area contributed by atoms with Crippen LogP contribution in [-0.2, 0) is 21.4 Å². The summed E-state index contributed by atoms with van der Waals surface area (Å²) in [5.74, 6) is -1.66. The second-order valence-corrected chi connectivity index (χ2v) is 14.8. The number of carboxylic acids is 1. The minimum atomic E-state index is -1.17. The van der Waals surface area contributed by atoms with Crippen LogP contribution in [-0.4, -0.2) is 67.8 Å². The summed E-state index contributed by atoms with van der Waals surface area (Å²) in [6.45, 7) is 15.6. The Bertz CT molecular complexity index is 1770. The lowest BCUT2D eigenvalue weighted by Gasteiger charge is -2.30. The van der Waals surface area contributed by atoms with Crippen molar-refractivity contribution in [2.45, 2.75) is 91.4 Å². The SMILES string of the molecule is CC(NC(=O)C(Cc1ccc(-c2ncc(-c3ccc(C(=O)N(C(C)C)C(C)C)cc3)cn2)cc1)NC(=O)c1ccc(C(C)(C)C)s1)C(=O)O. The van der Waals surface area contributed by atoms with Crippen LogP contribution in [0.4, 0.5) is 0 Å². The van der Waals surface area contributed by atoms with Crippen LogP contribution in [0.25, 0.3) is 22.5 Å². The van der Waals surface area contributed by atoms with Crippen molar-refractivity contribution >= 4 is 35.0 Å². The van der Waals surface area contributed by atoms with Gasteiger partial charge in [0.1, 0.15) is 12.1 Å². The third-order valence-corrected chi connectivity index (χ3v) is 9.55. The largest absolute Gasteiger partial charge is 0.480 e. The molecule has 49 heavy (non-hydrogen) atoms. The molecule has 3 amide bonds. The molecule has 2 heterocycles. The molecule has 0 aliphatic heterocycles. The molecular weight excluding hydrogens is 639 g/mol. The Kier molecular flexibility index (Phi) is 11.7. The van der Waals surface area contributed by atoms with Crippen LogP contribution in [0.2, 0.25) is 0 Å². The molecule has 0 radical (unpaired) electrons. The first kappa shape index (κ1) is 36.9. The average molecular weight is 684 g/mol. The highest BCUT2D eigenvalue weighted by Crippen LogP contribution is 2.29. The Hall–Kier alpha value is -4.90. The van der Waals surface area contributed by atoms with Crippen molar-refractivity contribution in [2.24, 2.45) is 0 Å². The average Bonchev–Trinajstić information content (AvgIpc) is 3.56. The Balaban J connectivity index is 1.47. The van der Waals surface area contributed by atoms with E-state index in [2.05, 4.69) is 41.4 Å². The maximum Gasteiger partial charge on any atom is 0.325 e. The molecule has 10 nitrogen and oxygen atoms in total. The Morgan fingerprint density at radius 1 is 0.776 bits per heavy atom. The number of carboxylic acid groups (broad SMARTS) is 1. The molecule has 0 spiro atoms. The highest BCUT2D eigenvalue weighted by Gasteiger charge is 2.27. The van der Waals surface area contributed by atoms with Crippen LogP contribution in [0.15, 0.2) is 73.1 Å². The maximum atomic E-state index is 13.2. The number of carbonyl (C=O) groups is 4. The first-order valence-corrected chi connectivity index (χ1v) is 17.2. The minimum absolute atomic E-state index is 0.00653. The van der Waals surface area contributed by atoms with E-state index in [0.29, 0.717) is 16.3 Å². The van der Waals surface area contributed by atoms with Crippen molar-refractivity contribution in [3.8, 4) is 22.5 Å². The van der Waals surface area contributed by atoms with Gasteiger partial charge in [0.15, 0.2) is 5.82 Å². The van der Waals surface area contributed by atoms with Gasteiger partial charge in [-0.1, -0.05) is 57.2 Å². The predicted octanol–water partition coefficient (Wildman–Crippen LogP) is 6.36. The fourth-order valence-corrected chi connectivity index (χ4v) is 6.32. The van der Waals surface area contributed by atoms with E-state index < -0.39 is 29.9 Å². The summed E-state index contributed by atoms with van der Waals surface area (Å²) in [5, 5.41) is 14.6. The smallest absolute Gasteiger partial charge is 0.325 e. The van der Waals surface area contributed by atoms with Crippen molar-refractivity contribution in [1.29, 1.82) is 0 Å². The van der Waals surface area contributed by atoms with E-state index in [1.165, 1.54) is 18.3 Å². The van der Waals surface area contributed by atoms with Crippen LogP contribution in [0, 0.1) is 0 Å². The zero-order valence-corrected chi connectivity index (χ0v) is 30.1. The number of aromatic nitrogens is 2. The molecular formula is C38H45N5O5S. The Morgan fingerprint density at radius 2 is 1.35 bits per heavy atom. The minimum Gasteiger partial charge on any atom is -0.480 e. The quantitative estimate of drug-likeness (QED) is 0.158. The summed E-state index contributed by atoms with van der Waals surface area (Å²) in [5.41, 5.74) is 3.72. The number of aliphatic carboxylic acids is 1. The Morgan fingerprint density at radius 3 is 1.86 bits per heavy atom. The number of nitrogens with zero attached hydrogens (tertiary/aromatic N) is 3. The van der Waals surface area contributed by atoms with Gasteiger partial charge in [0.25, 0.3) is 11.8 Å². The van der Waals surface area contributed by atoms with E-state index in [-0.39, 0.29) is 29.8 Å². The first-order valence-electron chi connectivity index (χ1n) is 16.3. The number of nitrogens with one attached hydrogen (secondary N) is 2. The summed E-state index contributed by atoms with van der Waals surface area (Å²) < 4.78 is 0. The topological polar surface area (TPSA) is 142 Å². The summed E-state index contributed by atoms with van der Waals surface area (Å²) in [7, 11) is 0. The molecule has 0 saturated heterocycles. The van der Waals surface area contributed by atoms with Gasteiger partial charge in [0.2, 0.25) is 5.91 Å². The van der Waals surface area contributed by atoms with Crippen molar-refractivity contribution in [2.75, 3.05) is 0 Å². The Labute approximate surface area is 292 Å². The summed E-state index contributed by atoms with van der Waals surface area (Å²) in [6, 6.07) is 16.5. The molecule has 4 rings (SSSR count). The van der Waals surface area contributed by atoms with Crippen molar-refractivity contribution in [3.05, 3.63) is 93.9 Å². The zero-order chi connectivity index (χ0) is 36.0. The van der Waals surface area contributed by atoms with Gasteiger partial charge in [-0.15, -0.1) is 11.3 Å². The third kappa shape index (κ3) is 9.38. The van der Waals surface area contributed by atoms with Crippen LogP contribution < -0.4 is 10.6 Å². The lowest BCUT2D eigenvalue weighted by Crippen LogP contribution is -2.51. The molecule has 258 valence electrons. The molecule has 2 unspecified atom stereocenters. The number of hydrogen-bond donors (Lipinski definition) is 3. The molecule has 2 atom stereocenters. The number of thiophene rings is 1. The van der Waals surface area contributed by atoms with Crippen molar-refractivity contribution in [3.63, 3.8) is 0 Å². The van der Waals surface area contributed by atoms with Gasteiger partial charge in [-0.3, -0.25) is 19.2 Å². The highest BCUT2D eigenvalue weighted by molar-refractivity contribution is 7.14. The molecule has 2 aromatic heterocycles. The van der Waals surface area contributed by atoms with E-state index in [9.17, 15) is 24.3 Å². The summed E-state index contributed by atoms with van der Waals surface area (Å²) >= 11 is 1.36. The molecule has 0 fully saturated rings. The van der Waals surface area contributed by atoms with Gasteiger partial charge in [-0.2, -0.15) is 0 Å². The summed E-state index contributed by atoms with van der Waals surface area (Å²) in [6.07, 6.45) is 3.61. The van der Waals surface area contributed by atoms with Gasteiger partial charge < -0.3 is 20.6 Å². The van der Waals surface area contributed by atoms with E-state index in [1.54, 1.807) is 18.5 Å². The fraction of sp³-hybridized carbons (Fsp3) is 0.368. The van der Waals surface area contributed by atoms with Crippen LogP contribution in [0.5, 0.6) is 0 Å². The number of rotatable bonds is 12. The predicted molar refractivity (Wildman–Crippen MR) is 193 cm³/mol. The van der Waals surface area contributed by atoms with Gasteiger partial charge >= 0.3 is 5.97 Å². The molecule has 0 bridgehead atoms. The standard InChI is InChI=1S/C38H45N5O5S/c1-22(2)43(23(3)4)36(46)28-15-13-26(14-16-28)29-20-39-33(40-21-29)27-11-9-25(10-12-27)19-30(34(44)41-24(5)37(47)48)42-35(45)31-17-18-32(49-31)38(6,7)8/h9-18,20-24,30H,19H2,1-8H3,(H,41,44)(H,42,45)(H,47,48). The van der Waals surface area contributed by atoms with E-state index >= 15 is 0 Å². The monoisotopic (exact) mass is 683 g/mol. The van der Waals surface area contributed by atoms with E-state index in [4.69, 9.17) is 0 Å². The third-order valence-electron chi connectivity index (χ3n) is 8.04. The van der Waals surface area contributed by atoms with Gasteiger partial charge in [0.05, 0.1) is 4.88 Å². The van der Waals surface area contributed by atoms with Gasteiger partial charge in [-0.25, -0.2) is 9.97 Å². The number of amides is 3. The first-order chi connectivity index (χ1) is 23.0. The molecule has 3 N–H and O–H groups in total. The van der Waals surface area contributed by atoms with E-state index in [1.807, 2.05) is 87.2 Å².